The highest BCUT2D eigenvalue weighted by Crippen LogP contribution is 2.44. The standard InChI is InChI=1S/C35H34BrFN6O4/c36-31-12-4-2-8-26(31)22-35(34(45)42-39-18-17-24-7-5-10-28(37)21-24)32(30-11-3-1-9-27(30)23-40-43-38)47-33(41-35)25-13-15-29(16-14-25)46-20-6-19-44/h1-5,7-16,21,32,39,44H,6,17-20,22-23H2,(H,42,45)/t32-,35-/m0/s1. The summed E-state index contributed by atoms with van der Waals surface area (Å²) in [4.78, 5) is 22.5. The Kier molecular flexibility index (Phi) is 11.6. The van der Waals surface area contributed by atoms with Gasteiger partial charge in [0.2, 0.25) is 5.90 Å². The number of nitrogens with zero attached hydrogens (tertiary/aromatic N) is 4. The third kappa shape index (κ3) is 8.35. The maximum atomic E-state index is 14.5. The van der Waals surface area contributed by atoms with Gasteiger partial charge in [-0.1, -0.05) is 75.6 Å². The summed E-state index contributed by atoms with van der Waals surface area (Å²) in [7, 11) is 0. The molecule has 3 N–H and O–H groups in total. The number of aliphatic imine (C=N–C) groups is 1. The van der Waals surface area contributed by atoms with Gasteiger partial charge in [0.25, 0.3) is 5.91 Å². The fourth-order valence-corrected chi connectivity index (χ4v) is 5.81. The zero-order valence-corrected chi connectivity index (χ0v) is 27.1. The topological polar surface area (TPSA) is 141 Å². The van der Waals surface area contributed by atoms with E-state index in [1.165, 1.54) is 12.1 Å². The molecule has 0 radical (unpaired) electrons. The summed E-state index contributed by atoms with van der Waals surface area (Å²) < 4.78 is 26.8. The minimum absolute atomic E-state index is 0.0343. The van der Waals surface area contributed by atoms with Crippen LogP contribution in [0.3, 0.4) is 0 Å². The van der Waals surface area contributed by atoms with E-state index in [4.69, 9.17) is 25.1 Å². The number of ether oxygens (including phenoxy) is 2. The van der Waals surface area contributed by atoms with Crippen LogP contribution in [0.15, 0.2) is 112 Å². The van der Waals surface area contributed by atoms with Crippen LogP contribution < -0.4 is 15.6 Å². The molecule has 0 saturated heterocycles. The van der Waals surface area contributed by atoms with Crippen LogP contribution in [-0.4, -0.2) is 42.2 Å². The maximum Gasteiger partial charge on any atom is 0.266 e. The highest BCUT2D eigenvalue weighted by atomic mass is 79.9. The molecule has 10 nitrogen and oxygen atoms in total. The molecule has 0 aromatic heterocycles. The summed E-state index contributed by atoms with van der Waals surface area (Å²) in [5, 5.41) is 12.9. The van der Waals surface area contributed by atoms with Crippen molar-refractivity contribution in [2.24, 2.45) is 10.1 Å². The lowest BCUT2D eigenvalue weighted by Crippen LogP contribution is -2.54. The van der Waals surface area contributed by atoms with Crippen LogP contribution >= 0.6 is 15.9 Å². The number of aliphatic hydroxyl groups is 1. The molecule has 4 aromatic rings. The number of hydrogen-bond donors (Lipinski definition) is 3. The van der Waals surface area contributed by atoms with Crippen molar-refractivity contribution in [1.29, 1.82) is 0 Å². The molecule has 1 heterocycles. The van der Waals surface area contributed by atoms with Crippen LogP contribution in [0.25, 0.3) is 10.4 Å². The van der Waals surface area contributed by atoms with E-state index < -0.39 is 17.6 Å². The van der Waals surface area contributed by atoms with Crippen LogP contribution in [0.5, 0.6) is 5.75 Å². The first-order valence-corrected chi connectivity index (χ1v) is 15.9. The van der Waals surface area contributed by atoms with Crippen molar-refractivity contribution in [3.63, 3.8) is 0 Å². The molecule has 0 fully saturated rings. The van der Waals surface area contributed by atoms with Gasteiger partial charge in [0.1, 0.15) is 11.6 Å². The smallest absolute Gasteiger partial charge is 0.266 e. The number of aliphatic hydroxyl groups excluding tert-OH is 1. The zero-order valence-electron chi connectivity index (χ0n) is 25.5. The first kappa shape index (κ1) is 33.6. The lowest BCUT2D eigenvalue weighted by molar-refractivity contribution is -0.130. The SMILES string of the molecule is [N-]=[N+]=NCc1ccccc1[C@@H]1OC(c2ccc(OCCCO)cc2)=N[C@]1(Cc1ccccc1Br)C(=O)NNCCc1cccc(F)c1. The van der Waals surface area contributed by atoms with Gasteiger partial charge in [-0.25, -0.2) is 14.8 Å². The van der Waals surface area contributed by atoms with Crippen molar-refractivity contribution in [3.8, 4) is 5.75 Å². The number of nitrogens with one attached hydrogen (secondary N) is 2. The fraction of sp³-hybridized carbons (Fsp3) is 0.257. The Morgan fingerprint density at radius 1 is 1.06 bits per heavy atom. The minimum Gasteiger partial charge on any atom is -0.494 e. The Labute approximate surface area is 280 Å². The number of carbonyl (C=O) groups is 1. The first-order chi connectivity index (χ1) is 22.9. The van der Waals surface area contributed by atoms with Gasteiger partial charge in [-0.05, 0) is 76.7 Å². The first-order valence-electron chi connectivity index (χ1n) is 15.1. The van der Waals surface area contributed by atoms with Crippen LogP contribution in [-0.2, 0) is 28.9 Å². The van der Waals surface area contributed by atoms with Crippen molar-refractivity contribution in [3.05, 3.63) is 146 Å². The molecular formula is C35H34BrFN6O4. The van der Waals surface area contributed by atoms with Gasteiger partial charge in [-0.15, -0.1) is 0 Å². The number of halogens is 2. The Balaban J connectivity index is 1.53. The van der Waals surface area contributed by atoms with Crippen molar-refractivity contribution in [1.82, 2.24) is 10.9 Å². The predicted molar refractivity (Wildman–Crippen MR) is 180 cm³/mol. The van der Waals surface area contributed by atoms with E-state index in [1.807, 2.05) is 54.6 Å². The molecule has 4 aromatic carbocycles. The number of amides is 1. The van der Waals surface area contributed by atoms with Crippen LogP contribution in [0.1, 0.15) is 40.3 Å². The van der Waals surface area contributed by atoms with E-state index in [0.29, 0.717) is 48.4 Å². The normalized spacial score (nSPS) is 16.9. The van der Waals surface area contributed by atoms with Gasteiger partial charge < -0.3 is 14.6 Å². The summed E-state index contributed by atoms with van der Waals surface area (Å²) in [6.07, 6.45) is 0.251. The van der Waals surface area contributed by atoms with Gasteiger partial charge in [0, 0.05) is 40.9 Å². The van der Waals surface area contributed by atoms with Gasteiger partial charge in [-0.3, -0.25) is 10.2 Å². The number of carbonyl (C=O) groups excluding carboxylic acids is 1. The Bertz CT molecular complexity index is 1770. The molecule has 12 heteroatoms. The fourth-order valence-electron chi connectivity index (χ4n) is 5.38. The third-order valence-electron chi connectivity index (χ3n) is 7.72. The maximum absolute atomic E-state index is 14.5. The third-order valence-corrected chi connectivity index (χ3v) is 8.49. The summed E-state index contributed by atoms with van der Waals surface area (Å²) in [5.41, 5.74) is 17.0. The average Bonchev–Trinajstić information content (AvgIpc) is 3.47. The number of rotatable bonds is 15. The van der Waals surface area contributed by atoms with Crippen LogP contribution in [0, 0.1) is 5.82 Å². The van der Waals surface area contributed by atoms with E-state index in [2.05, 4.69) is 36.8 Å². The number of azide groups is 1. The van der Waals surface area contributed by atoms with Gasteiger partial charge in [0.05, 0.1) is 13.2 Å². The van der Waals surface area contributed by atoms with Gasteiger partial charge in [-0.2, -0.15) is 0 Å². The van der Waals surface area contributed by atoms with Crippen LogP contribution in [0.4, 0.5) is 4.39 Å². The van der Waals surface area contributed by atoms with Crippen molar-refractivity contribution < 1.29 is 23.8 Å². The minimum atomic E-state index is -1.51. The van der Waals surface area contributed by atoms with Crippen molar-refractivity contribution >= 4 is 27.7 Å². The van der Waals surface area contributed by atoms with E-state index in [9.17, 15) is 9.18 Å². The number of hydrogen-bond acceptors (Lipinski definition) is 7. The number of hydrazine groups is 1. The molecule has 1 amide bonds. The average molecular weight is 702 g/mol. The Morgan fingerprint density at radius 3 is 2.57 bits per heavy atom. The molecule has 0 aliphatic carbocycles. The second-order valence-corrected chi connectivity index (χ2v) is 11.8. The Morgan fingerprint density at radius 2 is 1.83 bits per heavy atom. The Hall–Kier alpha value is -4.74. The zero-order chi connectivity index (χ0) is 33.1. The van der Waals surface area contributed by atoms with E-state index in [0.717, 1.165) is 15.6 Å². The molecule has 0 saturated carbocycles. The molecule has 1 aliphatic heterocycles. The highest BCUT2D eigenvalue weighted by molar-refractivity contribution is 9.10. The predicted octanol–water partition coefficient (Wildman–Crippen LogP) is 6.52. The highest BCUT2D eigenvalue weighted by Gasteiger charge is 2.54. The molecule has 1 aliphatic rings. The lowest BCUT2D eigenvalue weighted by Gasteiger charge is -2.32. The molecule has 0 spiro atoms. The molecule has 47 heavy (non-hydrogen) atoms. The summed E-state index contributed by atoms with van der Waals surface area (Å²) in [6.45, 7) is 0.805. The molecule has 242 valence electrons. The van der Waals surface area contributed by atoms with E-state index >= 15 is 0 Å². The monoisotopic (exact) mass is 700 g/mol. The molecular weight excluding hydrogens is 667 g/mol. The second kappa shape index (κ2) is 16.2. The quantitative estimate of drug-likeness (QED) is 0.0426. The summed E-state index contributed by atoms with van der Waals surface area (Å²) in [6, 6.07) is 28.5. The molecule has 5 rings (SSSR count). The summed E-state index contributed by atoms with van der Waals surface area (Å²) in [5.74, 6) is 0.125. The van der Waals surface area contributed by atoms with Crippen molar-refractivity contribution in [2.45, 2.75) is 37.5 Å². The van der Waals surface area contributed by atoms with E-state index in [-0.39, 0.29) is 31.3 Å². The van der Waals surface area contributed by atoms with Crippen LogP contribution in [0.2, 0.25) is 0 Å². The molecule has 0 unspecified atom stereocenters. The molecule has 0 bridgehead atoms. The van der Waals surface area contributed by atoms with Gasteiger partial charge in [0.15, 0.2) is 11.6 Å². The number of benzene rings is 4. The van der Waals surface area contributed by atoms with E-state index in [1.54, 1.807) is 30.3 Å². The lowest BCUT2D eigenvalue weighted by atomic mass is 9.80. The molecule has 2 atom stereocenters. The van der Waals surface area contributed by atoms with Gasteiger partial charge >= 0.3 is 0 Å². The second-order valence-electron chi connectivity index (χ2n) is 10.9. The summed E-state index contributed by atoms with van der Waals surface area (Å²) >= 11 is 3.64. The van der Waals surface area contributed by atoms with Crippen molar-refractivity contribution in [2.75, 3.05) is 19.8 Å². The largest absolute Gasteiger partial charge is 0.494 e.